The fourth-order valence-electron chi connectivity index (χ4n) is 3.61. The number of sulfonamides is 1. The summed E-state index contributed by atoms with van der Waals surface area (Å²) in [5, 5.41) is 3.47. The lowest BCUT2D eigenvalue weighted by molar-refractivity contribution is 0.357. The van der Waals surface area contributed by atoms with Crippen molar-refractivity contribution in [2.45, 2.75) is 45.6 Å². The lowest BCUT2D eigenvalue weighted by Crippen LogP contribution is -2.40. The summed E-state index contributed by atoms with van der Waals surface area (Å²) in [7, 11) is -3.06. The summed E-state index contributed by atoms with van der Waals surface area (Å²) in [6.45, 7) is 5.54. The second kappa shape index (κ2) is 5.88. The Kier molecular flexibility index (Phi) is 4.67. The molecule has 0 aromatic rings. The van der Waals surface area contributed by atoms with E-state index >= 15 is 0 Å². The molecule has 1 N–H and O–H groups in total. The van der Waals surface area contributed by atoms with E-state index in [4.69, 9.17) is 0 Å². The topological polar surface area (TPSA) is 49.4 Å². The molecule has 0 aliphatic heterocycles. The highest BCUT2D eigenvalue weighted by molar-refractivity contribution is 7.89. The molecule has 0 heterocycles. The Labute approximate surface area is 111 Å². The number of hydrogen-bond acceptors (Lipinski definition) is 3. The first-order chi connectivity index (χ1) is 8.56. The number of nitrogens with one attached hydrogen (secondary N) is 1. The van der Waals surface area contributed by atoms with E-state index in [9.17, 15) is 8.42 Å². The maximum absolute atomic E-state index is 12.0. The Morgan fingerprint density at radius 3 is 2.39 bits per heavy atom. The van der Waals surface area contributed by atoms with Crippen LogP contribution in [-0.2, 0) is 10.0 Å². The van der Waals surface area contributed by atoms with Crippen LogP contribution in [0.3, 0.4) is 0 Å². The van der Waals surface area contributed by atoms with Crippen molar-refractivity contribution in [1.82, 2.24) is 9.62 Å². The van der Waals surface area contributed by atoms with Gasteiger partial charge in [0.15, 0.2) is 0 Å². The molecule has 3 atom stereocenters. The Bertz CT molecular complexity index is 365. The summed E-state index contributed by atoms with van der Waals surface area (Å²) in [5.74, 6) is 1.96. The maximum Gasteiger partial charge on any atom is 0.215 e. The summed E-state index contributed by atoms with van der Waals surface area (Å²) in [6.07, 6.45) is 5.35. The Morgan fingerprint density at radius 2 is 1.89 bits per heavy atom. The second-order valence-corrected chi connectivity index (χ2v) is 7.72. The summed E-state index contributed by atoms with van der Waals surface area (Å²) >= 11 is 0. The van der Waals surface area contributed by atoms with E-state index in [1.807, 2.05) is 13.8 Å². The summed E-state index contributed by atoms with van der Waals surface area (Å²) in [6, 6.07) is 0.579. The Hall–Kier alpha value is -0.130. The molecule has 18 heavy (non-hydrogen) atoms. The lowest BCUT2D eigenvalue weighted by Gasteiger charge is -2.24. The standard InChI is InChI=1S/C13H26N2O2S/c1-3-15(4-2)18(16,17)8-7-14-13-10-11-5-6-12(13)9-11/h11-14H,3-10H2,1-2H3/t11-,12-,13+/m1/s1. The molecule has 2 aliphatic carbocycles. The van der Waals surface area contributed by atoms with E-state index in [-0.39, 0.29) is 5.75 Å². The Balaban J connectivity index is 1.75. The maximum atomic E-state index is 12.0. The lowest BCUT2D eigenvalue weighted by atomic mass is 9.95. The van der Waals surface area contributed by atoms with Crippen molar-refractivity contribution < 1.29 is 8.42 Å². The fourth-order valence-corrected chi connectivity index (χ4v) is 5.03. The molecule has 0 aromatic heterocycles. The molecular weight excluding hydrogens is 248 g/mol. The van der Waals surface area contributed by atoms with E-state index in [1.54, 1.807) is 4.31 Å². The predicted octanol–water partition coefficient (Wildman–Crippen LogP) is 1.44. The predicted molar refractivity (Wildman–Crippen MR) is 73.9 cm³/mol. The van der Waals surface area contributed by atoms with Crippen LogP contribution < -0.4 is 5.32 Å². The molecule has 2 rings (SSSR count). The van der Waals surface area contributed by atoms with Gasteiger partial charge >= 0.3 is 0 Å². The molecule has 2 bridgehead atoms. The van der Waals surface area contributed by atoms with Gasteiger partial charge in [0.05, 0.1) is 5.75 Å². The highest BCUT2D eigenvalue weighted by Gasteiger charge is 2.39. The van der Waals surface area contributed by atoms with Crippen molar-refractivity contribution in [3.63, 3.8) is 0 Å². The van der Waals surface area contributed by atoms with Crippen molar-refractivity contribution in [1.29, 1.82) is 0 Å². The van der Waals surface area contributed by atoms with Crippen LogP contribution in [0.5, 0.6) is 0 Å². The van der Waals surface area contributed by atoms with E-state index in [0.717, 1.165) is 11.8 Å². The van der Waals surface area contributed by atoms with Crippen LogP contribution >= 0.6 is 0 Å². The van der Waals surface area contributed by atoms with E-state index in [2.05, 4.69) is 5.32 Å². The Morgan fingerprint density at radius 1 is 1.17 bits per heavy atom. The van der Waals surface area contributed by atoms with Crippen LogP contribution in [0, 0.1) is 11.8 Å². The van der Waals surface area contributed by atoms with Gasteiger partial charge in [-0.15, -0.1) is 0 Å². The van der Waals surface area contributed by atoms with E-state index < -0.39 is 10.0 Å². The number of nitrogens with zero attached hydrogens (tertiary/aromatic N) is 1. The molecule has 5 heteroatoms. The van der Waals surface area contributed by atoms with Gasteiger partial charge in [0, 0.05) is 25.7 Å². The summed E-state index contributed by atoms with van der Waals surface area (Å²) in [5.41, 5.74) is 0. The first-order valence-corrected chi connectivity index (χ1v) is 8.89. The van der Waals surface area contributed by atoms with Crippen LogP contribution in [0.1, 0.15) is 39.5 Å². The van der Waals surface area contributed by atoms with Gasteiger partial charge in [0.1, 0.15) is 0 Å². The van der Waals surface area contributed by atoms with Crippen LogP contribution in [-0.4, -0.2) is 44.2 Å². The van der Waals surface area contributed by atoms with Crippen LogP contribution in [0.4, 0.5) is 0 Å². The van der Waals surface area contributed by atoms with Gasteiger partial charge in [-0.05, 0) is 31.1 Å². The molecule has 2 fully saturated rings. The third kappa shape index (κ3) is 3.06. The van der Waals surface area contributed by atoms with Crippen molar-refractivity contribution >= 4 is 10.0 Å². The third-order valence-corrected chi connectivity index (χ3v) is 6.63. The minimum absolute atomic E-state index is 0.239. The zero-order valence-corrected chi connectivity index (χ0v) is 12.4. The molecule has 106 valence electrons. The minimum Gasteiger partial charge on any atom is -0.313 e. The normalized spacial score (nSPS) is 31.4. The van der Waals surface area contributed by atoms with Gasteiger partial charge < -0.3 is 5.32 Å². The second-order valence-electron chi connectivity index (χ2n) is 5.64. The molecule has 4 nitrogen and oxygen atoms in total. The van der Waals surface area contributed by atoms with E-state index in [1.165, 1.54) is 25.7 Å². The highest BCUT2D eigenvalue weighted by Crippen LogP contribution is 2.44. The van der Waals surface area contributed by atoms with Gasteiger partial charge in [-0.3, -0.25) is 0 Å². The zero-order valence-electron chi connectivity index (χ0n) is 11.6. The molecule has 0 aromatic carbocycles. The smallest absolute Gasteiger partial charge is 0.215 e. The zero-order chi connectivity index (χ0) is 13.2. The van der Waals surface area contributed by atoms with Crippen LogP contribution in [0.2, 0.25) is 0 Å². The molecule has 0 radical (unpaired) electrons. The molecular formula is C13H26N2O2S. The van der Waals surface area contributed by atoms with Gasteiger partial charge in [0.2, 0.25) is 10.0 Å². The molecule has 0 amide bonds. The average molecular weight is 274 g/mol. The monoisotopic (exact) mass is 274 g/mol. The SMILES string of the molecule is CCN(CC)S(=O)(=O)CCN[C@H]1C[C@@H]2CC[C@@H]1C2. The fraction of sp³-hybridized carbons (Fsp3) is 1.00. The minimum atomic E-state index is -3.06. The molecule has 2 aliphatic rings. The first kappa shape index (κ1) is 14.3. The molecule has 2 saturated carbocycles. The van der Waals surface area contributed by atoms with Crippen LogP contribution in [0.25, 0.3) is 0 Å². The first-order valence-electron chi connectivity index (χ1n) is 7.28. The quantitative estimate of drug-likeness (QED) is 0.764. The van der Waals surface area contributed by atoms with Gasteiger partial charge in [-0.1, -0.05) is 20.3 Å². The molecule has 0 unspecified atom stereocenters. The van der Waals surface area contributed by atoms with Crippen molar-refractivity contribution in [3.05, 3.63) is 0 Å². The van der Waals surface area contributed by atoms with Crippen molar-refractivity contribution in [2.75, 3.05) is 25.4 Å². The summed E-state index contributed by atoms with van der Waals surface area (Å²) in [4.78, 5) is 0. The number of rotatable bonds is 7. The molecule has 0 saturated heterocycles. The average Bonchev–Trinajstić information content (AvgIpc) is 2.92. The van der Waals surface area contributed by atoms with Crippen LogP contribution in [0.15, 0.2) is 0 Å². The molecule has 0 spiro atoms. The van der Waals surface area contributed by atoms with Gasteiger partial charge in [0.25, 0.3) is 0 Å². The number of hydrogen-bond donors (Lipinski definition) is 1. The largest absolute Gasteiger partial charge is 0.313 e. The van der Waals surface area contributed by atoms with E-state index in [0.29, 0.717) is 25.7 Å². The van der Waals surface area contributed by atoms with Gasteiger partial charge in [-0.2, -0.15) is 0 Å². The number of fused-ring (bicyclic) bond motifs is 2. The van der Waals surface area contributed by atoms with Crippen molar-refractivity contribution in [2.24, 2.45) is 11.8 Å². The van der Waals surface area contributed by atoms with Crippen molar-refractivity contribution in [3.8, 4) is 0 Å². The summed E-state index contributed by atoms with van der Waals surface area (Å²) < 4.78 is 25.6. The highest BCUT2D eigenvalue weighted by atomic mass is 32.2. The van der Waals surface area contributed by atoms with Gasteiger partial charge in [-0.25, -0.2) is 12.7 Å². The third-order valence-electron chi connectivity index (χ3n) is 4.60.